The summed E-state index contributed by atoms with van der Waals surface area (Å²) < 4.78 is 11.0. The van der Waals surface area contributed by atoms with Crippen molar-refractivity contribution in [2.45, 2.75) is 38.5 Å². The summed E-state index contributed by atoms with van der Waals surface area (Å²) >= 11 is 1.53. The van der Waals surface area contributed by atoms with E-state index in [2.05, 4.69) is 10.1 Å². The average molecular weight is 383 g/mol. The van der Waals surface area contributed by atoms with Crippen LogP contribution in [0.15, 0.2) is 51.7 Å². The van der Waals surface area contributed by atoms with Gasteiger partial charge in [0, 0.05) is 11.9 Å². The van der Waals surface area contributed by atoms with Crippen molar-refractivity contribution in [3.05, 3.63) is 70.0 Å². The van der Waals surface area contributed by atoms with E-state index < -0.39 is 0 Å². The fraction of sp³-hybridized carbons (Fsp3) is 0.350. The molecule has 7 heteroatoms. The summed E-state index contributed by atoms with van der Waals surface area (Å²) in [6.45, 7) is 1.46. The number of amides is 1. The Balaban J connectivity index is 1.40. The number of nitrogens with zero attached hydrogens (tertiary/aromatic N) is 3. The fourth-order valence-electron chi connectivity index (χ4n) is 3.29. The zero-order valence-electron chi connectivity index (χ0n) is 14.9. The van der Waals surface area contributed by atoms with Crippen molar-refractivity contribution in [1.29, 1.82) is 0 Å². The molecule has 1 saturated heterocycles. The lowest BCUT2D eigenvalue weighted by Gasteiger charge is -2.33. The fourth-order valence-corrected chi connectivity index (χ4v) is 3.92. The minimum atomic E-state index is -0.141. The Morgan fingerprint density at radius 2 is 2.11 bits per heavy atom. The van der Waals surface area contributed by atoms with Gasteiger partial charge < -0.3 is 14.2 Å². The van der Waals surface area contributed by atoms with Gasteiger partial charge in [0.1, 0.15) is 6.61 Å². The summed E-state index contributed by atoms with van der Waals surface area (Å²) in [5.74, 6) is 1.04. The largest absolute Gasteiger partial charge is 0.367 e. The summed E-state index contributed by atoms with van der Waals surface area (Å²) in [7, 11) is 0. The zero-order chi connectivity index (χ0) is 18.5. The van der Waals surface area contributed by atoms with Gasteiger partial charge in [-0.2, -0.15) is 16.3 Å². The molecule has 6 nitrogen and oxygen atoms in total. The highest BCUT2D eigenvalue weighted by molar-refractivity contribution is 7.08. The van der Waals surface area contributed by atoms with Gasteiger partial charge >= 0.3 is 0 Å². The van der Waals surface area contributed by atoms with Gasteiger partial charge in [0.15, 0.2) is 5.82 Å². The van der Waals surface area contributed by atoms with Crippen LogP contribution >= 0.6 is 11.3 Å². The first-order valence-corrected chi connectivity index (χ1v) is 10.0. The molecule has 0 radical (unpaired) electrons. The molecule has 0 bridgehead atoms. The van der Waals surface area contributed by atoms with E-state index >= 15 is 0 Å². The Morgan fingerprint density at radius 3 is 2.93 bits per heavy atom. The van der Waals surface area contributed by atoms with Crippen LogP contribution in [0, 0.1) is 0 Å². The molecule has 1 amide bonds. The summed E-state index contributed by atoms with van der Waals surface area (Å²) in [6, 6.07) is 11.7. The molecule has 1 aromatic carbocycles. The third-order valence-electron chi connectivity index (χ3n) is 4.65. The predicted octanol–water partition coefficient (Wildman–Crippen LogP) is 4.22. The van der Waals surface area contributed by atoms with Crippen LogP contribution in [0.3, 0.4) is 0 Å². The average Bonchev–Trinajstić information content (AvgIpc) is 3.41. The zero-order valence-corrected chi connectivity index (χ0v) is 15.7. The lowest BCUT2D eigenvalue weighted by Crippen LogP contribution is -2.38. The van der Waals surface area contributed by atoms with Crippen LogP contribution in [0.25, 0.3) is 0 Å². The second-order valence-electron chi connectivity index (χ2n) is 6.55. The van der Waals surface area contributed by atoms with Gasteiger partial charge in [-0.05, 0) is 36.3 Å². The van der Waals surface area contributed by atoms with Crippen LogP contribution in [0.5, 0.6) is 0 Å². The summed E-state index contributed by atoms with van der Waals surface area (Å²) in [5.41, 5.74) is 1.82. The minimum absolute atomic E-state index is 0.0348. The Kier molecular flexibility index (Phi) is 5.60. The van der Waals surface area contributed by atoms with E-state index in [9.17, 15) is 4.79 Å². The topological polar surface area (TPSA) is 68.5 Å². The Labute approximate surface area is 161 Å². The first-order chi connectivity index (χ1) is 13.3. The molecule has 1 atom stereocenters. The molecule has 140 valence electrons. The van der Waals surface area contributed by atoms with E-state index in [1.807, 2.05) is 52.1 Å². The highest BCUT2D eigenvalue weighted by Gasteiger charge is 2.32. The molecule has 3 aromatic rings. The Morgan fingerprint density at radius 1 is 1.22 bits per heavy atom. The van der Waals surface area contributed by atoms with Gasteiger partial charge in [-0.1, -0.05) is 35.5 Å². The number of ether oxygens (including phenoxy) is 1. The van der Waals surface area contributed by atoms with E-state index in [1.54, 1.807) is 0 Å². The lowest BCUT2D eigenvalue weighted by atomic mass is 10.0. The maximum atomic E-state index is 12.8. The second kappa shape index (κ2) is 8.45. The van der Waals surface area contributed by atoms with Crippen LogP contribution < -0.4 is 0 Å². The van der Waals surface area contributed by atoms with Gasteiger partial charge in [-0.15, -0.1) is 0 Å². The Hall–Kier alpha value is -2.51. The van der Waals surface area contributed by atoms with Crippen molar-refractivity contribution < 1.29 is 14.1 Å². The third-order valence-corrected chi connectivity index (χ3v) is 5.33. The highest BCUT2D eigenvalue weighted by atomic mass is 32.1. The third kappa shape index (κ3) is 4.26. The molecule has 27 heavy (non-hydrogen) atoms. The van der Waals surface area contributed by atoms with Crippen molar-refractivity contribution >= 4 is 17.2 Å². The molecule has 3 heterocycles. The van der Waals surface area contributed by atoms with Crippen molar-refractivity contribution in [2.24, 2.45) is 0 Å². The molecule has 2 aromatic heterocycles. The normalized spacial score (nSPS) is 17.2. The van der Waals surface area contributed by atoms with Crippen molar-refractivity contribution in [1.82, 2.24) is 15.0 Å². The van der Waals surface area contributed by atoms with Crippen LogP contribution in [-0.2, 0) is 18.0 Å². The summed E-state index contributed by atoms with van der Waals surface area (Å²) in [5, 5.41) is 7.92. The van der Waals surface area contributed by atoms with E-state index in [1.165, 1.54) is 11.3 Å². The number of benzene rings is 1. The molecule has 0 aliphatic carbocycles. The molecule has 1 fully saturated rings. The molecule has 0 spiro atoms. The number of hydrogen-bond donors (Lipinski definition) is 0. The smallest absolute Gasteiger partial charge is 0.255 e. The van der Waals surface area contributed by atoms with E-state index in [-0.39, 0.29) is 18.6 Å². The molecular weight excluding hydrogens is 362 g/mol. The SMILES string of the molecule is O=C(c1ccsc1)N1CCCCC1c1noc(COCc2ccccc2)n1. The van der Waals surface area contributed by atoms with Crippen molar-refractivity contribution in [3.63, 3.8) is 0 Å². The van der Waals surface area contributed by atoms with Gasteiger partial charge in [0.2, 0.25) is 0 Å². The summed E-state index contributed by atoms with van der Waals surface area (Å²) in [4.78, 5) is 19.2. The van der Waals surface area contributed by atoms with Crippen LogP contribution in [0.4, 0.5) is 0 Å². The van der Waals surface area contributed by atoms with Gasteiger partial charge in [0.25, 0.3) is 11.8 Å². The monoisotopic (exact) mass is 383 g/mol. The van der Waals surface area contributed by atoms with Crippen LogP contribution in [0.1, 0.15) is 52.9 Å². The number of piperidine rings is 1. The number of likely N-dealkylation sites (tertiary alicyclic amines) is 1. The van der Waals surface area contributed by atoms with Gasteiger partial charge in [0.05, 0.1) is 18.2 Å². The van der Waals surface area contributed by atoms with E-state index in [0.717, 1.165) is 30.4 Å². The standard InChI is InChI=1S/C20H21N3O3S/c24-20(16-9-11-27-14-16)23-10-5-4-8-17(23)19-21-18(26-22-19)13-25-12-15-6-2-1-3-7-15/h1-3,6-7,9,11,14,17H,4-5,8,10,12-13H2. The summed E-state index contributed by atoms with van der Waals surface area (Å²) in [6.07, 6.45) is 2.89. The molecule has 4 rings (SSSR count). The quantitative estimate of drug-likeness (QED) is 0.638. The van der Waals surface area contributed by atoms with E-state index in [0.29, 0.717) is 24.9 Å². The molecular formula is C20H21N3O3S. The van der Waals surface area contributed by atoms with Crippen molar-refractivity contribution in [2.75, 3.05) is 6.54 Å². The molecule has 0 saturated carbocycles. The van der Waals surface area contributed by atoms with Gasteiger partial charge in [-0.3, -0.25) is 4.79 Å². The molecule has 0 N–H and O–H groups in total. The molecule has 1 aliphatic heterocycles. The molecule has 1 unspecified atom stereocenters. The number of aromatic nitrogens is 2. The maximum Gasteiger partial charge on any atom is 0.255 e. The number of carbonyl (C=O) groups excluding carboxylic acids is 1. The van der Waals surface area contributed by atoms with Gasteiger partial charge in [-0.25, -0.2) is 0 Å². The first-order valence-electron chi connectivity index (χ1n) is 9.08. The highest BCUT2D eigenvalue weighted by Crippen LogP contribution is 2.31. The maximum absolute atomic E-state index is 12.8. The molecule has 1 aliphatic rings. The Bertz CT molecular complexity index is 864. The predicted molar refractivity (Wildman–Crippen MR) is 101 cm³/mol. The number of thiophene rings is 1. The van der Waals surface area contributed by atoms with Crippen molar-refractivity contribution in [3.8, 4) is 0 Å². The number of rotatable bonds is 6. The lowest BCUT2D eigenvalue weighted by molar-refractivity contribution is 0.0597. The second-order valence-corrected chi connectivity index (χ2v) is 7.33. The van der Waals surface area contributed by atoms with E-state index in [4.69, 9.17) is 9.26 Å². The van der Waals surface area contributed by atoms with Crippen LogP contribution in [0.2, 0.25) is 0 Å². The van der Waals surface area contributed by atoms with Crippen LogP contribution in [-0.4, -0.2) is 27.5 Å². The first kappa shape index (κ1) is 17.9. The minimum Gasteiger partial charge on any atom is -0.367 e. The number of carbonyl (C=O) groups is 1. The number of hydrogen-bond acceptors (Lipinski definition) is 6.